The van der Waals surface area contributed by atoms with Gasteiger partial charge in [-0.05, 0) is 56.2 Å². The summed E-state index contributed by atoms with van der Waals surface area (Å²) in [6, 6.07) is 18.1. The van der Waals surface area contributed by atoms with E-state index in [1.807, 2.05) is 6.92 Å². The molecule has 7 nitrogen and oxygen atoms in total. The minimum absolute atomic E-state index is 0.0333. The van der Waals surface area contributed by atoms with E-state index in [1.54, 1.807) is 68.4 Å². The predicted octanol–water partition coefficient (Wildman–Crippen LogP) is 4.34. The maximum absolute atomic E-state index is 13.3. The monoisotopic (exact) mass is 477 g/mol. The van der Waals surface area contributed by atoms with Crippen molar-refractivity contribution in [2.45, 2.75) is 31.7 Å². The van der Waals surface area contributed by atoms with Gasteiger partial charge in [0.1, 0.15) is 17.4 Å². The summed E-state index contributed by atoms with van der Waals surface area (Å²) in [6.45, 7) is 5.31. The van der Waals surface area contributed by atoms with Crippen molar-refractivity contribution in [3.05, 3.63) is 105 Å². The first-order chi connectivity index (χ1) is 16.2. The Kier molecular flexibility index (Phi) is 6.37. The Balaban J connectivity index is 1.70. The molecule has 1 atom stereocenters. The van der Waals surface area contributed by atoms with Gasteiger partial charge in [0.2, 0.25) is 10.0 Å². The van der Waals surface area contributed by atoms with Gasteiger partial charge in [-0.15, -0.1) is 0 Å². The van der Waals surface area contributed by atoms with Crippen LogP contribution >= 0.6 is 0 Å². The molecule has 0 spiro atoms. The SMILES string of the molecule is Cc1ccc(S(=O)(=O)NC(C(=O)Oc2ccc3c(C)cc(=O)oc3c2C)c2ccccc2)cc1. The topological polar surface area (TPSA) is 103 Å². The van der Waals surface area contributed by atoms with Crippen LogP contribution in [0.4, 0.5) is 0 Å². The molecule has 0 amide bonds. The molecule has 0 aliphatic rings. The van der Waals surface area contributed by atoms with Crippen molar-refractivity contribution in [2.75, 3.05) is 0 Å². The van der Waals surface area contributed by atoms with Gasteiger partial charge in [-0.3, -0.25) is 0 Å². The highest BCUT2D eigenvalue weighted by Crippen LogP contribution is 2.29. The number of hydrogen-bond donors (Lipinski definition) is 1. The fraction of sp³-hybridized carbons (Fsp3) is 0.154. The van der Waals surface area contributed by atoms with E-state index >= 15 is 0 Å². The quantitative estimate of drug-likeness (QED) is 0.252. The maximum atomic E-state index is 13.3. The van der Waals surface area contributed by atoms with Crippen LogP contribution in [0.1, 0.15) is 28.3 Å². The van der Waals surface area contributed by atoms with E-state index in [0.717, 1.165) is 16.5 Å². The van der Waals surface area contributed by atoms with E-state index in [9.17, 15) is 18.0 Å². The number of carbonyl (C=O) groups excluding carboxylic acids is 1. The molecule has 8 heteroatoms. The Bertz CT molecular complexity index is 1520. The molecule has 0 fully saturated rings. The maximum Gasteiger partial charge on any atom is 0.336 e. The molecule has 34 heavy (non-hydrogen) atoms. The van der Waals surface area contributed by atoms with Crippen LogP contribution in [-0.4, -0.2) is 14.4 Å². The molecule has 174 valence electrons. The highest BCUT2D eigenvalue weighted by Gasteiger charge is 2.29. The van der Waals surface area contributed by atoms with Gasteiger partial charge >= 0.3 is 11.6 Å². The normalized spacial score (nSPS) is 12.4. The zero-order valence-electron chi connectivity index (χ0n) is 18.9. The molecule has 0 aliphatic heterocycles. The number of rotatable bonds is 6. The highest BCUT2D eigenvalue weighted by molar-refractivity contribution is 7.89. The Morgan fingerprint density at radius 3 is 2.29 bits per heavy atom. The summed E-state index contributed by atoms with van der Waals surface area (Å²) >= 11 is 0. The van der Waals surface area contributed by atoms with Crippen molar-refractivity contribution in [1.29, 1.82) is 0 Å². The summed E-state index contributed by atoms with van der Waals surface area (Å²) < 4.78 is 39.5. The van der Waals surface area contributed by atoms with Gasteiger partial charge in [0.25, 0.3) is 0 Å². The average Bonchev–Trinajstić information content (AvgIpc) is 2.80. The molecule has 0 aliphatic carbocycles. The molecule has 4 rings (SSSR count). The molecular weight excluding hydrogens is 454 g/mol. The fourth-order valence-corrected chi connectivity index (χ4v) is 4.79. The fourth-order valence-electron chi connectivity index (χ4n) is 3.62. The number of hydrogen-bond acceptors (Lipinski definition) is 6. The smallest absolute Gasteiger partial charge is 0.336 e. The van der Waals surface area contributed by atoms with Crippen molar-refractivity contribution < 1.29 is 22.4 Å². The largest absolute Gasteiger partial charge is 0.425 e. The van der Waals surface area contributed by atoms with Crippen LogP contribution in [0.15, 0.2) is 86.9 Å². The minimum Gasteiger partial charge on any atom is -0.425 e. The lowest BCUT2D eigenvalue weighted by molar-refractivity contribution is -0.136. The van der Waals surface area contributed by atoms with Gasteiger partial charge in [0.15, 0.2) is 0 Å². The van der Waals surface area contributed by atoms with Crippen LogP contribution in [0.3, 0.4) is 0 Å². The second-order valence-corrected chi connectivity index (χ2v) is 9.73. The van der Waals surface area contributed by atoms with Gasteiger partial charge in [0.05, 0.1) is 4.90 Å². The lowest BCUT2D eigenvalue weighted by Crippen LogP contribution is -2.36. The van der Waals surface area contributed by atoms with Gasteiger partial charge < -0.3 is 9.15 Å². The van der Waals surface area contributed by atoms with E-state index in [2.05, 4.69) is 4.72 Å². The van der Waals surface area contributed by atoms with Crippen molar-refractivity contribution in [2.24, 2.45) is 0 Å². The average molecular weight is 478 g/mol. The van der Waals surface area contributed by atoms with Crippen molar-refractivity contribution in [3.8, 4) is 5.75 Å². The number of ether oxygens (including phenoxy) is 1. The number of aryl methyl sites for hydroxylation is 3. The lowest BCUT2D eigenvalue weighted by atomic mass is 10.1. The summed E-state index contributed by atoms with van der Waals surface area (Å²) in [7, 11) is -4.03. The van der Waals surface area contributed by atoms with Crippen LogP contribution < -0.4 is 15.1 Å². The van der Waals surface area contributed by atoms with Crippen LogP contribution in [0, 0.1) is 20.8 Å². The van der Waals surface area contributed by atoms with Crippen LogP contribution in [0.5, 0.6) is 5.75 Å². The van der Waals surface area contributed by atoms with Crippen LogP contribution in [-0.2, 0) is 14.8 Å². The number of benzene rings is 3. The van der Waals surface area contributed by atoms with Crippen LogP contribution in [0.2, 0.25) is 0 Å². The van der Waals surface area contributed by atoms with Gasteiger partial charge in [-0.1, -0.05) is 48.0 Å². The van der Waals surface area contributed by atoms with Crippen molar-refractivity contribution in [3.63, 3.8) is 0 Å². The molecule has 3 aromatic carbocycles. The summed E-state index contributed by atoms with van der Waals surface area (Å²) in [4.78, 5) is 25.1. The summed E-state index contributed by atoms with van der Waals surface area (Å²) in [5, 5.41) is 0.719. The first-order valence-corrected chi connectivity index (χ1v) is 12.0. The van der Waals surface area contributed by atoms with E-state index in [1.165, 1.54) is 18.2 Å². The molecule has 0 saturated carbocycles. The number of sulfonamides is 1. The highest BCUT2D eigenvalue weighted by atomic mass is 32.2. The third-order valence-electron chi connectivity index (χ3n) is 5.50. The van der Waals surface area contributed by atoms with Gasteiger partial charge in [-0.2, -0.15) is 4.72 Å². The Morgan fingerprint density at radius 1 is 0.941 bits per heavy atom. The van der Waals surface area contributed by atoms with Crippen molar-refractivity contribution >= 4 is 27.0 Å². The number of nitrogens with one attached hydrogen (secondary N) is 1. The zero-order valence-corrected chi connectivity index (χ0v) is 19.7. The molecule has 1 N–H and O–H groups in total. The Hall–Kier alpha value is -3.75. The Labute approximate surface area is 197 Å². The van der Waals surface area contributed by atoms with Crippen LogP contribution in [0.25, 0.3) is 11.0 Å². The molecular formula is C26H23NO6S. The third kappa shape index (κ3) is 4.78. The predicted molar refractivity (Wildman–Crippen MR) is 128 cm³/mol. The molecule has 1 unspecified atom stereocenters. The van der Waals surface area contributed by atoms with Crippen molar-refractivity contribution in [1.82, 2.24) is 4.72 Å². The second kappa shape index (κ2) is 9.24. The summed E-state index contributed by atoms with van der Waals surface area (Å²) in [5.74, 6) is -0.652. The van der Waals surface area contributed by atoms with Gasteiger partial charge in [0, 0.05) is 17.0 Å². The van der Waals surface area contributed by atoms with E-state index in [-0.39, 0.29) is 10.6 Å². The first-order valence-electron chi connectivity index (χ1n) is 10.6. The molecule has 4 aromatic rings. The molecule has 0 saturated heterocycles. The molecule has 1 aromatic heterocycles. The Morgan fingerprint density at radius 2 is 1.62 bits per heavy atom. The zero-order chi connectivity index (χ0) is 24.5. The van der Waals surface area contributed by atoms with Gasteiger partial charge in [-0.25, -0.2) is 18.0 Å². The van der Waals surface area contributed by atoms with E-state index < -0.39 is 27.7 Å². The molecule has 1 heterocycles. The standard InChI is InChI=1S/C26H23NO6S/c1-16-9-11-20(12-10-16)34(30,31)27-24(19-7-5-4-6-8-19)26(29)32-22-14-13-21-17(2)15-23(28)33-25(21)18(22)3/h4-15,24,27H,1-3H3. The number of fused-ring (bicyclic) bond motifs is 1. The summed E-state index contributed by atoms with van der Waals surface area (Å²) in [5.41, 5.74) is 2.33. The first kappa shape index (κ1) is 23.4. The number of carbonyl (C=O) groups is 1. The number of esters is 1. The second-order valence-electron chi connectivity index (χ2n) is 8.01. The van der Waals surface area contributed by atoms with E-state index in [4.69, 9.17) is 9.15 Å². The minimum atomic E-state index is -4.03. The molecule has 0 bridgehead atoms. The summed E-state index contributed by atoms with van der Waals surface area (Å²) in [6.07, 6.45) is 0. The lowest BCUT2D eigenvalue weighted by Gasteiger charge is -2.19. The third-order valence-corrected chi connectivity index (χ3v) is 6.94. The molecule has 0 radical (unpaired) electrons. The van der Waals surface area contributed by atoms with E-state index in [0.29, 0.717) is 16.7 Å².